The van der Waals surface area contributed by atoms with E-state index in [-0.39, 0.29) is 11.7 Å². The van der Waals surface area contributed by atoms with E-state index in [9.17, 15) is 9.18 Å². The van der Waals surface area contributed by atoms with Gasteiger partial charge in [0, 0.05) is 49.5 Å². The number of benzene rings is 1. The molecule has 3 heterocycles. The van der Waals surface area contributed by atoms with E-state index in [4.69, 9.17) is 9.26 Å². The van der Waals surface area contributed by atoms with Crippen LogP contribution in [0.2, 0.25) is 0 Å². The van der Waals surface area contributed by atoms with Crippen LogP contribution in [0.5, 0.6) is 0 Å². The number of halogens is 1. The lowest BCUT2D eigenvalue weighted by atomic mass is 9.90. The molecular formula is C25H30FN3O3. The van der Waals surface area contributed by atoms with Crippen LogP contribution in [-0.2, 0) is 9.53 Å². The number of ether oxygens (including phenoxy) is 1. The second kappa shape index (κ2) is 9.06. The van der Waals surface area contributed by atoms with Gasteiger partial charge in [0.1, 0.15) is 5.82 Å². The van der Waals surface area contributed by atoms with E-state index < -0.39 is 0 Å². The number of amides is 1. The van der Waals surface area contributed by atoms with Gasteiger partial charge in [-0.3, -0.25) is 4.79 Å². The van der Waals surface area contributed by atoms with Crippen LogP contribution in [0, 0.1) is 5.82 Å². The molecule has 2 aromatic rings. The second-order valence-corrected chi connectivity index (χ2v) is 9.13. The molecule has 7 heteroatoms. The zero-order valence-electron chi connectivity index (χ0n) is 18.6. The third kappa shape index (κ3) is 4.31. The van der Waals surface area contributed by atoms with Crippen LogP contribution >= 0.6 is 0 Å². The van der Waals surface area contributed by atoms with Crippen LogP contribution in [0.1, 0.15) is 50.1 Å². The lowest BCUT2D eigenvalue weighted by Gasteiger charge is -2.31. The minimum Gasteiger partial charge on any atom is -0.498 e. The van der Waals surface area contributed by atoms with Gasteiger partial charge in [0.15, 0.2) is 5.58 Å². The van der Waals surface area contributed by atoms with Crippen molar-refractivity contribution in [3.63, 3.8) is 0 Å². The van der Waals surface area contributed by atoms with Gasteiger partial charge in [-0.1, -0.05) is 10.7 Å². The number of piperidine rings is 1. The molecule has 6 nitrogen and oxygen atoms in total. The van der Waals surface area contributed by atoms with Crippen LogP contribution in [0.3, 0.4) is 0 Å². The standard InChI is InChI=1S/C25H30FN3O3/c1-28-11-7-17-3-5-20(16-22(17)25(28)30)31-14-2-10-29-12-8-18(9-13-29)24-21-6-4-19(26)15-23(21)32-27-24/h4,6,15-16,18H,2-3,5,7-14H2,1H3. The van der Waals surface area contributed by atoms with Gasteiger partial charge >= 0.3 is 0 Å². The zero-order chi connectivity index (χ0) is 22.1. The molecule has 0 atom stereocenters. The first-order valence-electron chi connectivity index (χ1n) is 11.7. The molecule has 1 amide bonds. The Hall–Kier alpha value is -2.67. The largest absolute Gasteiger partial charge is 0.498 e. The molecule has 0 saturated carbocycles. The molecule has 0 bridgehead atoms. The van der Waals surface area contributed by atoms with Crippen molar-refractivity contribution < 1.29 is 18.4 Å². The Labute approximate surface area is 187 Å². The van der Waals surface area contributed by atoms with Gasteiger partial charge in [-0.25, -0.2) is 4.39 Å². The van der Waals surface area contributed by atoms with Gasteiger partial charge in [0.05, 0.1) is 18.1 Å². The summed E-state index contributed by atoms with van der Waals surface area (Å²) in [5, 5.41) is 5.16. The predicted octanol–water partition coefficient (Wildman–Crippen LogP) is 4.39. The summed E-state index contributed by atoms with van der Waals surface area (Å²) in [6.07, 6.45) is 7.81. The fraction of sp³-hybridized carbons (Fsp3) is 0.520. The van der Waals surface area contributed by atoms with Crippen molar-refractivity contribution in [3.8, 4) is 0 Å². The van der Waals surface area contributed by atoms with E-state index in [1.165, 1.54) is 17.7 Å². The fourth-order valence-corrected chi connectivity index (χ4v) is 5.09. The number of likely N-dealkylation sites (tertiary alicyclic amines) is 1. The number of hydrogen-bond acceptors (Lipinski definition) is 5. The molecule has 0 spiro atoms. The third-order valence-corrected chi connectivity index (χ3v) is 7.03. The third-order valence-electron chi connectivity index (χ3n) is 7.03. The van der Waals surface area contributed by atoms with E-state index >= 15 is 0 Å². The number of carbonyl (C=O) groups excluding carboxylic acids is 1. The Morgan fingerprint density at radius 3 is 2.88 bits per heavy atom. The van der Waals surface area contributed by atoms with E-state index in [2.05, 4.69) is 10.1 Å². The SMILES string of the molecule is CN1CCC2=C(C=C(OCCCN3CCC(c4noc5cc(F)ccc45)CC3)CC2)C1=O. The minimum absolute atomic E-state index is 0.125. The number of rotatable bonds is 6. The Bertz CT molecular complexity index is 1070. The van der Waals surface area contributed by atoms with Crippen molar-refractivity contribution in [3.05, 3.63) is 52.7 Å². The number of nitrogens with zero attached hydrogens (tertiary/aromatic N) is 3. The Morgan fingerprint density at radius 1 is 1.19 bits per heavy atom. The summed E-state index contributed by atoms with van der Waals surface area (Å²) in [5.41, 5.74) is 3.63. The molecule has 1 fully saturated rings. The van der Waals surface area contributed by atoms with Crippen LogP contribution in [0.4, 0.5) is 4.39 Å². The molecule has 1 aromatic heterocycles. The second-order valence-electron chi connectivity index (χ2n) is 9.13. The summed E-state index contributed by atoms with van der Waals surface area (Å²) in [4.78, 5) is 16.6. The predicted molar refractivity (Wildman–Crippen MR) is 120 cm³/mol. The number of hydrogen-bond donors (Lipinski definition) is 0. The summed E-state index contributed by atoms with van der Waals surface area (Å²) >= 11 is 0. The molecule has 5 rings (SSSR count). The van der Waals surface area contributed by atoms with Gasteiger partial charge in [0.25, 0.3) is 5.91 Å². The number of likely N-dealkylation sites (N-methyl/N-ethyl adjacent to an activating group) is 1. The molecule has 0 radical (unpaired) electrons. The summed E-state index contributed by atoms with van der Waals surface area (Å²) in [6, 6.07) is 4.65. The van der Waals surface area contributed by atoms with Crippen LogP contribution in [0.15, 0.2) is 45.7 Å². The first kappa shape index (κ1) is 21.2. The number of carbonyl (C=O) groups is 1. The number of aromatic nitrogens is 1. The van der Waals surface area contributed by atoms with Gasteiger partial charge in [-0.15, -0.1) is 0 Å². The highest BCUT2D eigenvalue weighted by Gasteiger charge is 2.27. The van der Waals surface area contributed by atoms with Crippen molar-refractivity contribution in [1.29, 1.82) is 0 Å². The maximum absolute atomic E-state index is 13.4. The highest BCUT2D eigenvalue weighted by Crippen LogP contribution is 2.33. The number of fused-ring (bicyclic) bond motifs is 1. The quantitative estimate of drug-likeness (QED) is 0.625. The highest BCUT2D eigenvalue weighted by atomic mass is 19.1. The Morgan fingerprint density at radius 2 is 2.03 bits per heavy atom. The van der Waals surface area contributed by atoms with Crippen LogP contribution in [-0.4, -0.2) is 60.7 Å². The lowest BCUT2D eigenvalue weighted by molar-refractivity contribution is -0.126. The molecule has 32 heavy (non-hydrogen) atoms. The zero-order valence-corrected chi connectivity index (χ0v) is 18.6. The summed E-state index contributed by atoms with van der Waals surface area (Å²) in [6.45, 7) is 4.53. The normalized spacial score (nSPS) is 20.6. The molecular weight excluding hydrogens is 409 g/mol. The fourth-order valence-electron chi connectivity index (χ4n) is 5.09. The first-order chi connectivity index (χ1) is 15.6. The monoisotopic (exact) mass is 439 g/mol. The van der Waals surface area contributed by atoms with E-state index in [1.807, 2.05) is 13.1 Å². The molecule has 2 aliphatic heterocycles. The Kier molecular flexibility index (Phi) is 6.00. The lowest BCUT2D eigenvalue weighted by Crippen LogP contribution is -2.34. The van der Waals surface area contributed by atoms with Gasteiger partial charge in [-0.2, -0.15) is 0 Å². The molecule has 170 valence electrons. The average Bonchev–Trinajstić information content (AvgIpc) is 3.23. The maximum atomic E-state index is 13.4. The first-order valence-corrected chi connectivity index (χ1v) is 11.7. The van der Waals surface area contributed by atoms with E-state index in [1.54, 1.807) is 11.0 Å². The molecule has 0 N–H and O–H groups in total. The van der Waals surface area contributed by atoms with Gasteiger partial charge < -0.3 is 19.1 Å². The van der Waals surface area contributed by atoms with Crippen molar-refractivity contribution in [2.75, 3.05) is 39.8 Å². The topological polar surface area (TPSA) is 58.8 Å². The van der Waals surface area contributed by atoms with Crippen LogP contribution in [0.25, 0.3) is 11.0 Å². The highest BCUT2D eigenvalue weighted by molar-refractivity contribution is 5.98. The molecule has 1 saturated heterocycles. The van der Waals surface area contributed by atoms with Crippen molar-refractivity contribution in [2.45, 2.75) is 44.4 Å². The van der Waals surface area contributed by atoms with Gasteiger partial charge in [0.2, 0.25) is 0 Å². The number of allylic oxidation sites excluding steroid dienone is 1. The van der Waals surface area contributed by atoms with E-state index in [0.29, 0.717) is 18.1 Å². The van der Waals surface area contributed by atoms with Crippen molar-refractivity contribution in [2.24, 2.45) is 0 Å². The molecule has 1 aliphatic carbocycles. The maximum Gasteiger partial charge on any atom is 0.253 e. The summed E-state index contributed by atoms with van der Waals surface area (Å²) < 4.78 is 24.7. The summed E-state index contributed by atoms with van der Waals surface area (Å²) in [5.74, 6) is 1.13. The summed E-state index contributed by atoms with van der Waals surface area (Å²) in [7, 11) is 1.86. The van der Waals surface area contributed by atoms with Crippen molar-refractivity contribution in [1.82, 2.24) is 15.0 Å². The van der Waals surface area contributed by atoms with E-state index in [0.717, 1.165) is 87.1 Å². The average molecular weight is 440 g/mol. The smallest absolute Gasteiger partial charge is 0.253 e. The minimum atomic E-state index is -0.295. The Balaban J connectivity index is 1.07. The van der Waals surface area contributed by atoms with Gasteiger partial charge in [-0.05, 0) is 63.4 Å². The molecule has 3 aliphatic rings. The molecule has 0 unspecified atom stereocenters. The molecule has 1 aromatic carbocycles. The van der Waals surface area contributed by atoms with Crippen molar-refractivity contribution >= 4 is 16.9 Å². The van der Waals surface area contributed by atoms with Crippen LogP contribution < -0.4 is 0 Å².